The SMILES string of the molecule is CCCNc1nc(N(CCO)C(C)C)c2cn[nH]c2n1. The Morgan fingerprint density at radius 1 is 1.40 bits per heavy atom. The number of rotatable bonds is 7. The number of nitrogens with zero attached hydrogens (tertiary/aromatic N) is 4. The lowest BCUT2D eigenvalue weighted by atomic mass is 10.2. The predicted octanol–water partition coefficient (Wildman–Crippen LogP) is 1.38. The fourth-order valence-corrected chi connectivity index (χ4v) is 2.07. The fraction of sp³-hybridized carbons (Fsp3) is 0.615. The Balaban J connectivity index is 2.45. The average Bonchev–Trinajstić information content (AvgIpc) is 2.89. The number of H-pyrrole nitrogens is 1. The van der Waals surface area contributed by atoms with Gasteiger partial charge in [-0.25, -0.2) is 0 Å². The molecule has 2 rings (SSSR count). The van der Waals surface area contributed by atoms with E-state index in [2.05, 4.69) is 51.2 Å². The van der Waals surface area contributed by atoms with Crippen molar-refractivity contribution in [3.05, 3.63) is 6.20 Å². The number of hydrogen-bond donors (Lipinski definition) is 3. The molecule has 0 saturated heterocycles. The van der Waals surface area contributed by atoms with Crippen LogP contribution >= 0.6 is 0 Å². The zero-order valence-corrected chi connectivity index (χ0v) is 12.2. The Hall–Kier alpha value is -1.89. The van der Waals surface area contributed by atoms with E-state index >= 15 is 0 Å². The first kappa shape index (κ1) is 14.5. The monoisotopic (exact) mass is 278 g/mol. The molecule has 0 aliphatic rings. The molecule has 0 atom stereocenters. The van der Waals surface area contributed by atoms with Crippen LogP contribution in [0, 0.1) is 0 Å². The molecule has 0 fully saturated rings. The van der Waals surface area contributed by atoms with Gasteiger partial charge in [0.25, 0.3) is 0 Å². The van der Waals surface area contributed by atoms with Gasteiger partial charge in [-0.1, -0.05) is 6.92 Å². The summed E-state index contributed by atoms with van der Waals surface area (Å²) in [5.74, 6) is 1.38. The van der Waals surface area contributed by atoms with Crippen LogP contribution in [0.1, 0.15) is 27.2 Å². The highest BCUT2D eigenvalue weighted by molar-refractivity contribution is 5.87. The number of nitrogens with one attached hydrogen (secondary N) is 2. The smallest absolute Gasteiger partial charge is 0.226 e. The van der Waals surface area contributed by atoms with Gasteiger partial charge in [-0.05, 0) is 20.3 Å². The third-order valence-electron chi connectivity index (χ3n) is 3.06. The van der Waals surface area contributed by atoms with Gasteiger partial charge < -0.3 is 15.3 Å². The van der Waals surface area contributed by atoms with Crippen molar-refractivity contribution >= 4 is 22.8 Å². The average molecular weight is 278 g/mol. The lowest BCUT2D eigenvalue weighted by Gasteiger charge is -2.27. The van der Waals surface area contributed by atoms with Crippen LogP contribution < -0.4 is 10.2 Å². The molecule has 7 heteroatoms. The summed E-state index contributed by atoms with van der Waals surface area (Å²) in [5, 5.41) is 20.2. The summed E-state index contributed by atoms with van der Waals surface area (Å²) < 4.78 is 0. The van der Waals surface area contributed by atoms with E-state index in [1.807, 2.05) is 0 Å². The summed E-state index contributed by atoms with van der Waals surface area (Å²) >= 11 is 0. The van der Waals surface area contributed by atoms with E-state index < -0.39 is 0 Å². The molecule has 0 radical (unpaired) electrons. The van der Waals surface area contributed by atoms with E-state index in [0.29, 0.717) is 18.1 Å². The van der Waals surface area contributed by atoms with E-state index in [9.17, 15) is 5.11 Å². The first-order valence-electron chi connectivity index (χ1n) is 6.99. The topological polar surface area (TPSA) is 90.0 Å². The molecule has 0 aromatic carbocycles. The molecule has 20 heavy (non-hydrogen) atoms. The van der Waals surface area contributed by atoms with Gasteiger partial charge in [0, 0.05) is 19.1 Å². The summed E-state index contributed by atoms with van der Waals surface area (Å²) in [6.45, 7) is 7.67. The molecule has 0 amide bonds. The number of aliphatic hydroxyl groups excluding tert-OH is 1. The summed E-state index contributed by atoms with van der Waals surface area (Å²) in [7, 11) is 0. The molecule has 2 aromatic rings. The molecule has 2 aromatic heterocycles. The molecule has 110 valence electrons. The Kier molecular flexibility index (Phi) is 4.73. The van der Waals surface area contributed by atoms with Crippen LogP contribution in [0.5, 0.6) is 0 Å². The van der Waals surface area contributed by atoms with Crippen molar-refractivity contribution in [3.63, 3.8) is 0 Å². The molecule has 3 N–H and O–H groups in total. The van der Waals surface area contributed by atoms with Crippen molar-refractivity contribution in [2.75, 3.05) is 29.9 Å². The molecule has 7 nitrogen and oxygen atoms in total. The number of aliphatic hydroxyl groups is 1. The van der Waals surface area contributed by atoms with Crippen molar-refractivity contribution in [1.29, 1.82) is 0 Å². The third kappa shape index (κ3) is 2.98. The molecule has 0 bridgehead atoms. The van der Waals surface area contributed by atoms with Crippen LogP contribution in [0.4, 0.5) is 11.8 Å². The lowest BCUT2D eigenvalue weighted by Crippen LogP contribution is -2.34. The molecule has 0 aliphatic carbocycles. The van der Waals surface area contributed by atoms with E-state index in [0.717, 1.165) is 24.2 Å². The molecule has 0 spiro atoms. The van der Waals surface area contributed by atoms with Crippen LogP contribution in [0.3, 0.4) is 0 Å². The lowest BCUT2D eigenvalue weighted by molar-refractivity contribution is 0.299. The summed E-state index contributed by atoms with van der Waals surface area (Å²) in [5.41, 5.74) is 0.706. The van der Waals surface area contributed by atoms with E-state index in [1.54, 1.807) is 6.20 Å². The number of hydrogen-bond acceptors (Lipinski definition) is 6. The fourth-order valence-electron chi connectivity index (χ4n) is 2.07. The molecule has 0 unspecified atom stereocenters. The van der Waals surface area contributed by atoms with Crippen molar-refractivity contribution < 1.29 is 5.11 Å². The highest BCUT2D eigenvalue weighted by Crippen LogP contribution is 2.25. The molecule has 2 heterocycles. The number of aromatic nitrogens is 4. The summed E-state index contributed by atoms with van der Waals surface area (Å²) in [6.07, 6.45) is 2.73. The normalized spacial score (nSPS) is 11.2. The zero-order chi connectivity index (χ0) is 14.5. The largest absolute Gasteiger partial charge is 0.395 e. The van der Waals surface area contributed by atoms with Gasteiger partial charge in [0.1, 0.15) is 5.82 Å². The standard InChI is InChI=1S/C13H22N6O/c1-4-5-14-13-16-11-10(8-15-18-11)12(17-13)19(6-7-20)9(2)3/h8-9,20H,4-7H2,1-3H3,(H2,14,15,16,17,18). The van der Waals surface area contributed by atoms with E-state index in [-0.39, 0.29) is 12.6 Å². The van der Waals surface area contributed by atoms with Gasteiger partial charge in [-0.15, -0.1) is 0 Å². The zero-order valence-electron chi connectivity index (χ0n) is 12.2. The van der Waals surface area contributed by atoms with Gasteiger partial charge in [-0.2, -0.15) is 15.1 Å². The quantitative estimate of drug-likeness (QED) is 0.709. The van der Waals surface area contributed by atoms with Crippen LogP contribution in [0.25, 0.3) is 11.0 Å². The summed E-state index contributed by atoms with van der Waals surface area (Å²) in [6, 6.07) is 0.231. The Labute approximate surface area is 118 Å². The maximum Gasteiger partial charge on any atom is 0.226 e. The summed E-state index contributed by atoms with van der Waals surface area (Å²) in [4.78, 5) is 11.0. The first-order chi connectivity index (χ1) is 9.67. The Bertz CT molecular complexity index is 553. The minimum atomic E-state index is 0.0826. The van der Waals surface area contributed by atoms with Crippen LogP contribution in [-0.4, -0.2) is 51.0 Å². The number of aromatic amines is 1. The predicted molar refractivity (Wildman–Crippen MR) is 80.0 cm³/mol. The second kappa shape index (κ2) is 6.51. The van der Waals surface area contributed by atoms with Gasteiger partial charge in [0.2, 0.25) is 5.95 Å². The van der Waals surface area contributed by atoms with Gasteiger partial charge in [0.05, 0.1) is 18.2 Å². The van der Waals surface area contributed by atoms with Crippen molar-refractivity contribution in [2.45, 2.75) is 33.2 Å². The highest BCUT2D eigenvalue weighted by atomic mass is 16.3. The second-order valence-corrected chi connectivity index (χ2v) is 4.94. The number of anilines is 2. The second-order valence-electron chi connectivity index (χ2n) is 4.94. The van der Waals surface area contributed by atoms with Crippen molar-refractivity contribution in [3.8, 4) is 0 Å². The Morgan fingerprint density at radius 3 is 2.85 bits per heavy atom. The van der Waals surface area contributed by atoms with Gasteiger partial charge in [-0.3, -0.25) is 5.10 Å². The molecular weight excluding hydrogens is 256 g/mol. The van der Waals surface area contributed by atoms with Gasteiger partial charge >= 0.3 is 0 Å². The molecule has 0 aliphatic heterocycles. The Morgan fingerprint density at radius 2 is 2.20 bits per heavy atom. The van der Waals surface area contributed by atoms with Crippen molar-refractivity contribution in [2.24, 2.45) is 0 Å². The minimum Gasteiger partial charge on any atom is -0.395 e. The van der Waals surface area contributed by atoms with Crippen LogP contribution in [0.2, 0.25) is 0 Å². The van der Waals surface area contributed by atoms with Crippen LogP contribution in [-0.2, 0) is 0 Å². The minimum absolute atomic E-state index is 0.0826. The highest BCUT2D eigenvalue weighted by Gasteiger charge is 2.17. The molecular formula is C13H22N6O. The first-order valence-corrected chi connectivity index (χ1v) is 6.99. The van der Waals surface area contributed by atoms with E-state index in [1.165, 1.54) is 0 Å². The van der Waals surface area contributed by atoms with Crippen molar-refractivity contribution in [1.82, 2.24) is 20.2 Å². The van der Waals surface area contributed by atoms with Crippen LogP contribution in [0.15, 0.2) is 6.20 Å². The van der Waals surface area contributed by atoms with E-state index in [4.69, 9.17) is 0 Å². The maximum absolute atomic E-state index is 9.26. The maximum atomic E-state index is 9.26. The van der Waals surface area contributed by atoms with Gasteiger partial charge in [0.15, 0.2) is 5.65 Å². The third-order valence-corrected chi connectivity index (χ3v) is 3.06. The number of fused-ring (bicyclic) bond motifs is 1. The molecule has 0 saturated carbocycles.